The van der Waals surface area contributed by atoms with Crippen molar-refractivity contribution in [3.05, 3.63) is 137 Å². The average molecular weight is 471 g/mol. The Morgan fingerprint density at radius 2 is 1.19 bits per heavy atom. The second-order valence-corrected chi connectivity index (χ2v) is 8.66. The highest BCUT2D eigenvalue weighted by atomic mass is 16.1. The van der Waals surface area contributed by atoms with Gasteiger partial charge in [0.15, 0.2) is 11.7 Å². The molecule has 0 saturated heterocycles. The number of hydrogen-bond donors (Lipinski definition) is 2. The lowest BCUT2D eigenvalue weighted by Crippen LogP contribution is -2.20. The highest BCUT2D eigenvalue weighted by Gasteiger charge is 2.27. The lowest BCUT2D eigenvalue weighted by Gasteiger charge is -2.14. The van der Waals surface area contributed by atoms with Gasteiger partial charge in [-0.1, -0.05) is 96.1 Å². The Hall–Kier alpha value is -4.77. The molecule has 176 valence electrons. The topological polar surface area (TPSA) is 65.8 Å². The molecule has 5 rings (SSSR count). The molecule has 5 heteroatoms. The maximum atomic E-state index is 13.7. The number of aryl methyl sites for hydroxylation is 2. The second-order valence-electron chi connectivity index (χ2n) is 8.66. The van der Waals surface area contributed by atoms with Crippen LogP contribution in [0.2, 0.25) is 0 Å². The lowest BCUT2D eigenvalue weighted by atomic mass is 10.0. The van der Waals surface area contributed by atoms with Crippen molar-refractivity contribution in [3.8, 4) is 0 Å². The zero-order valence-electron chi connectivity index (χ0n) is 20.2. The van der Waals surface area contributed by atoms with Crippen LogP contribution in [0.4, 0.5) is 11.4 Å². The van der Waals surface area contributed by atoms with Gasteiger partial charge in [-0.15, -0.1) is 0 Å². The molecule has 0 spiro atoms. The normalized spacial score (nSPS) is 14.1. The monoisotopic (exact) mass is 470 g/mol. The Morgan fingerprint density at radius 3 is 1.81 bits per heavy atom. The minimum atomic E-state index is -0.253. The Balaban J connectivity index is 1.63. The molecule has 0 aliphatic carbocycles. The fourth-order valence-corrected chi connectivity index (χ4v) is 3.90. The molecule has 4 aromatic rings. The number of rotatable bonds is 5. The molecule has 0 unspecified atom stereocenters. The van der Waals surface area contributed by atoms with E-state index in [-0.39, 0.29) is 5.91 Å². The SMILES string of the molecule is Cc1ccc(NC(=O)/C(=C2\N=C(c3ccccc3)N=C2Nc2ccc(C)cc2)c2ccccc2)cc1. The van der Waals surface area contributed by atoms with Gasteiger partial charge in [0, 0.05) is 16.9 Å². The van der Waals surface area contributed by atoms with E-state index in [2.05, 4.69) is 10.6 Å². The zero-order chi connectivity index (χ0) is 24.9. The number of benzene rings is 4. The van der Waals surface area contributed by atoms with Crippen LogP contribution in [-0.2, 0) is 4.79 Å². The van der Waals surface area contributed by atoms with Crippen LogP contribution in [0.25, 0.3) is 5.57 Å². The number of nitrogens with one attached hydrogen (secondary N) is 2. The van der Waals surface area contributed by atoms with Crippen molar-refractivity contribution in [2.75, 3.05) is 10.6 Å². The summed E-state index contributed by atoms with van der Waals surface area (Å²) in [7, 11) is 0. The minimum absolute atomic E-state index is 0.253. The maximum absolute atomic E-state index is 13.7. The van der Waals surface area contributed by atoms with E-state index in [9.17, 15) is 4.79 Å². The Bertz CT molecular complexity index is 1470. The summed E-state index contributed by atoms with van der Waals surface area (Å²) in [5.41, 5.74) is 6.44. The van der Waals surface area contributed by atoms with Crippen molar-refractivity contribution in [1.29, 1.82) is 0 Å². The minimum Gasteiger partial charge on any atom is -0.338 e. The molecule has 0 atom stereocenters. The third kappa shape index (κ3) is 5.15. The van der Waals surface area contributed by atoms with Crippen LogP contribution in [0.5, 0.6) is 0 Å². The summed E-state index contributed by atoms with van der Waals surface area (Å²) in [4.78, 5) is 23.4. The number of carbonyl (C=O) groups excluding carboxylic acids is 1. The van der Waals surface area contributed by atoms with Crippen molar-refractivity contribution in [2.45, 2.75) is 13.8 Å². The van der Waals surface area contributed by atoms with Gasteiger partial charge in [0.05, 0.1) is 5.57 Å². The van der Waals surface area contributed by atoms with Crippen LogP contribution in [0.15, 0.2) is 125 Å². The smallest absolute Gasteiger partial charge is 0.258 e. The third-order valence-electron chi connectivity index (χ3n) is 5.84. The molecule has 0 radical (unpaired) electrons. The quantitative estimate of drug-likeness (QED) is 0.322. The molecule has 1 heterocycles. The van der Waals surface area contributed by atoms with Gasteiger partial charge in [0.1, 0.15) is 5.70 Å². The van der Waals surface area contributed by atoms with Crippen LogP contribution in [0.1, 0.15) is 22.3 Å². The van der Waals surface area contributed by atoms with E-state index >= 15 is 0 Å². The summed E-state index contributed by atoms with van der Waals surface area (Å²) >= 11 is 0. The Morgan fingerprint density at radius 1 is 0.639 bits per heavy atom. The van der Waals surface area contributed by atoms with Crippen molar-refractivity contribution < 1.29 is 4.79 Å². The number of nitrogens with zero attached hydrogens (tertiary/aromatic N) is 2. The number of amides is 1. The Kier molecular flexibility index (Phi) is 6.54. The Labute approximate surface area is 211 Å². The molecule has 2 N–H and O–H groups in total. The number of amidine groups is 2. The summed E-state index contributed by atoms with van der Waals surface area (Å²) in [6.07, 6.45) is 0. The van der Waals surface area contributed by atoms with Crippen molar-refractivity contribution in [3.63, 3.8) is 0 Å². The number of hydrogen-bond acceptors (Lipinski definition) is 4. The van der Waals surface area contributed by atoms with Crippen LogP contribution >= 0.6 is 0 Å². The maximum Gasteiger partial charge on any atom is 0.258 e. The number of aliphatic imine (C=N–C) groups is 2. The molecule has 4 aromatic carbocycles. The van der Waals surface area contributed by atoms with E-state index < -0.39 is 0 Å². The van der Waals surface area contributed by atoms with Crippen molar-refractivity contribution >= 4 is 34.5 Å². The van der Waals surface area contributed by atoms with Gasteiger partial charge >= 0.3 is 0 Å². The molecule has 0 fully saturated rings. The summed E-state index contributed by atoms with van der Waals surface area (Å²) in [5.74, 6) is 0.823. The van der Waals surface area contributed by atoms with Gasteiger partial charge in [0.2, 0.25) is 0 Å². The lowest BCUT2D eigenvalue weighted by molar-refractivity contribution is -0.111. The van der Waals surface area contributed by atoms with E-state index in [0.717, 1.165) is 33.6 Å². The van der Waals surface area contributed by atoms with E-state index in [1.807, 2.05) is 123 Å². The van der Waals surface area contributed by atoms with Crippen LogP contribution in [-0.4, -0.2) is 17.6 Å². The van der Waals surface area contributed by atoms with E-state index in [0.29, 0.717) is 22.9 Å². The fourth-order valence-electron chi connectivity index (χ4n) is 3.90. The predicted molar refractivity (Wildman–Crippen MR) is 148 cm³/mol. The largest absolute Gasteiger partial charge is 0.338 e. The molecule has 36 heavy (non-hydrogen) atoms. The van der Waals surface area contributed by atoms with Crippen molar-refractivity contribution in [2.24, 2.45) is 9.98 Å². The summed E-state index contributed by atoms with van der Waals surface area (Å²) < 4.78 is 0. The van der Waals surface area contributed by atoms with E-state index in [1.54, 1.807) is 0 Å². The first kappa shape index (κ1) is 23.0. The average Bonchev–Trinajstić information content (AvgIpc) is 3.31. The summed E-state index contributed by atoms with van der Waals surface area (Å²) in [6.45, 7) is 4.06. The fraction of sp³-hybridized carbons (Fsp3) is 0.0645. The highest BCUT2D eigenvalue weighted by molar-refractivity contribution is 6.35. The molecule has 0 aromatic heterocycles. The highest BCUT2D eigenvalue weighted by Crippen LogP contribution is 2.28. The first-order chi connectivity index (χ1) is 17.6. The summed E-state index contributed by atoms with van der Waals surface area (Å²) in [6, 6.07) is 35.1. The van der Waals surface area contributed by atoms with Crippen LogP contribution < -0.4 is 10.6 Å². The van der Waals surface area contributed by atoms with E-state index in [4.69, 9.17) is 9.98 Å². The standard InChI is InChI=1S/C31H26N4O/c1-21-13-17-25(18-14-21)32-30-28(34-29(35-30)24-11-7-4-8-12-24)27(23-9-5-3-6-10-23)31(36)33-26-19-15-22(2)16-20-26/h3-20H,1-2H3,(H,33,36)(H,32,34,35)/b28-27-. The predicted octanol–water partition coefficient (Wildman–Crippen LogP) is 6.62. The van der Waals surface area contributed by atoms with E-state index in [1.165, 1.54) is 0 Å². The molecule has 0 saturated carbocycles. The van der Waals surface area contributed by atoms with Gasteiger partial charge in [0.25, 0.3) is 5.91 Å². The van der Waals surface area contributed by atoms with Crippen LogP contribution in [0.3, 0.4) is 0 Å². The van der Waals surface area contributed by atoms with Crippen molar-refractivity contribution in [1.82, 2.24) is 0 Å². The number of carbonyl (C=O) groups is 1. The van der Waals surface area contributed by atoms with Gasteiger partial charge in [-0.25, -0.2) is 9.98 Å². The molecule has 0 bridgehead atoms. The molecular formula is C31H26N4O. The summed E-state index contributed by atoms with van der Waals surface area (Å²) in [5, 5.41) is 6.43. The third-order valence-corrected chi connectivity index (χ3v) is 5.84. The first-order valence-electron chi connectivity index (χ1n) is 11.8. The molecule has 1 aliphatic rings. The molecule has 1 amide bonds. The first-order valence-corrected chi connectivity index (χ1v) is 11.8. The van der Waals surface area contributed by atoms with Crippen LogP contribution in [0, 0.1) is 13.8 Å². The van der Waals surface area contributed by atoms with Gasteiger partial charge in [-0.05, 0) is 43.7 Å². The molecule has 1 aliphatic heterocycles. The van der Waals surface area contributed by atoms with Gasteiger partial charge in [-0.3, -0.25) is 4.79 Å². The van der Waals surface area contributed by atoms with Gasteiger partial charge in [-0.2, -0.15) is 0 Å². The second kappa shape index (κ2) is 10.2. The molecular weight excluding hydrogens is 444 g/mol. The zero-order valence-corrected chi connectivity index (χ0v) is 20.2. The number of anilines is 2. The molecule has 5 nitrogen and oxygen atoms in total. The van der Waals surface area contributed by atoms with Gasteiger partial charge < -0.3 is 10.6 Å².